The normalized spacial score (nSPS) is 15.2. The van der Waals surface area contributed by atoms with Crippen LogP contribution >= 0.6 is 46.4 Å². The van der Waals surface area contributed by atoms with Gasteiger partial charge >= 0.3 is 23.9 Å². The van der Waals surface area contributed by atoms with Crippen LogP contribution in [0.4, 0.5) is 5.69 Å². The number of oxime groups is 1. The molecule has 2 N–H and O–H groups in total. The van der Waals surface area contributed by atoms with Crippen molar-refractivity contribution in [1.29, 1.82) is 0 Å². The number of carbonyl (C=O) groups excluding carboxylic acids is 4. The molecule has 23 nitrogen and oxygen atoms in total. The number of benzene rings is 4. The number of carboxylic acids is 1. The summed E-state index contributed by atoms with van der Waals surface area (Å²) in [5, 5.41) is 33.3. The fraction of sp³-hybridized carbons (Fsp3) is 0.413. The Labute approximate surface area is 547 Å². The van der Waals surface area contributed by atoms with E-state index < -0.39 is 44.5 Å². The van der Waals surface area contributed by atoms with Gasteiger partial charge in [-0.2, -0.15) is 10.2 Å². The number of ether oxygens (including phenoxy) is 5. The summed E-state index contributed by atoms with van der Waals surface area (Å²) in [4.78, 5) is 79.5. The summed E-state index contributed by atoms with van der Waals surface area (Å²) in [5.41, 5.74) is 4.94. The number of sulfone groups is 1. The third-order valence-corrected chi connectivity index (χ3v) is 16.8. The van der Waals surface area contributed by atoms with Gasteiger partial charge in [-0.3, -0.25) is 14.4 Å². The van der Waals surface area contributed by atoms with Gasteiger partial charge in [-0.1, -0.05) is 83.1 Å². The average Bonchev–Trinajstić information content (AvgIpc) is 1.68. The number of hydrogen-bond acceptors (Lipinski definition) is 19. The molecular weight excluding hydrogens is 1280 g/mol. The third-order valence-electron chi connectivity index (χ3n) is 14.5. The largest absolute Gasteiger partial charge is 0.494 e. The van der Waals surface area contributed by atoms with Crippen molar-refractivity contribution in [3.8, 4) is 28.6 Å². The second-order valence-corrected chi connectivity index (χ2v) is 25.7. The van der Waals surface area contributed by atoms with E-state index in [0.29, 0.717) is 83.3 Å². The van der Waals surface area contributed by atoms with Crippen LogP contribution in [0.3, 0.4) is 0 Å². The number of aryl methyl sites for hydroxylation is 4. The zero-order valence-corrected chi connectivity index (χ0v) is 56.6. The van der Waals surface area contributed by atoms with Gasteiger partial charge in [0.1, 0.15) is 29.0 Å². The Hall–Kier alpha value is -7.74. The van der Waals surface area contributed by atoms with Crippen LogP contribution in [0, 0.1) is 19.3 Å². The molecule has 0 fully saturated rings. The zero-order valence-electron chi connectivity index (χ0n) is 52.7. The molecule has 490 valence electrons. The van der Waals surface area contributed by atoms with Crippen molar-refractivity contribution < 1.29 is 71.1 Å². The quantitative estimate of drug-likeness (QED) is 0.0713. The Kier molecular flexibility index (Phi) is 24.3. The van der Waals surface area contributed by atoms with Gasteiger partial charge in [0.25, 0.3) is 5.56 Å². The van der Waals surface area contributed by atoms with Crippen molar-refractivity contribution >= 4 is 103 Å². The summed E-state index contributed by atoms with van der Waals surface area (Å²) in [6, 6.07) is 14.8. The third kappa shape index (κ3) is 16.3. The summed E-state index contributed by atoms with van der Waals surface area (Å²) >= 11 is 23.5. The van der Waals surface area contributed by atoms with Crippen LogP contribution in [-0.4, -0.2) is 131 Å². The number of carbonyl (C=O) groups is 5. The van der Waals surface area contributed by atoms with Gasteiger partial charge < -0.3 is 38.7 Å². The number of halogens is 4. The predicted octanol–water partition coefficient (Wildman–Crippen LogP) is 11.1. The Bertz CT molecular complexity index is 3990. The highest BCUT2D eigenvalue weighted by molar-refractivity contribution is 7.90. The SMILES string of the molecule is CCOC(=O)C1=NN(c2ccc(Cl)cc2Cl)C(C)(C(=O)OCC)C1.CCc1cc(C)cc(CC)c1-c1c(OC(=O)C(C)(C)C)n2n(c1=O)CCOCC2.COc1c(Cl)ccc(Cl)c1C(=O)O.Cc1c(C(=O)c2cnn(C)c2O)ccc(S(C)(=O)=O)c1C1=NOCC1. The number of nitrogens with zero attached hydrogens (tertiary/aromatic N) is 7. The minimum absolute atomic E-state index is 0.0493. The van der Waals surface area contributed by atoms with Crippen molar-refractivity contribution in [3.63, 3.8) is 0 Å². The molecule has 6 aromatic rings. The first-order valence-electron chi connectivity index (χ1n) is 28.8. The number of aromatic hydroxyl groups is 1. The molecule has 5 heterocycles. The Morgan fingerprint density at radius 3 is 1.95 bits per heavy atom. The van der Waals surface area contributed by atoms with Crippen LogP contribution in [-0.2, 0) is 76.2 Å². The highest BCUT2D eigenvalue weighted by Gasteiger charge is 2.50. The van der Waals surface area contributed by atoms with Crippen LogP contribution in [0.2, 0.25) is 20.1 Å². The zero-order chi connectivity index (χ0) is 67.6. The first-order valence-corrected chi connectivity index (χ1v) is 32.2. The molecule has 2 aromatic heterocycles. The molecule has 28 heteroatoms. The molecule has 0 saturated carbocycles. The average molecular weight is 1360 g/mol. The van der Waals surface area contributed by atoms with Gasteiger partial charge in [-0.25, -0.2) is 41.9 Å². The van der Waals surface area contributed by atoms with Crippen molar-refractivity contribution in [1.82, 2.24) is 19.1 Å². The standard InChI is InChI=1S/C23H32N2O4.C16H18Cl2N2O4.C16H17N3O5S.C8H6Cl2O3/c1-7-16-13-15(3)14-17(8-2)18(16)19-20(26)24-9-11-28-12-10-25(24)21(19)29-22(27)23(4,5)6;1-4-23-14(21)12-9-16(3,15(22)24-5-2)20(19-12)13-7-6-10(17)8-11(13)18;1-9-10(15(20)11-8-17-19(2)16(11)21)4-5-13(25(3,22)23)14(9)12-6-7-24-18-12;1-13-7-5(10)3-2-4(9)6(7)8(11)12/h13-14H,7-12H2,1-6H3;6-8H,4-5,9H2,1-3H3;4-5,8,21H,6-7H2,1-3H3;2-3H,1H3,(H,11,12). The Morgan fingerprint density at radius 2 is 1.43 bits per heavy atom. The lowest BCUT2D eigenvalue weighted by atomic mass is 9.91. The molecule has 0 aliphatic carbocycles. The highest BCUT2D eigenvalue weighted by atomic mass is 35.5. The minimum Gasteiger partial charge on any atom is -0.494 e. The Balaban J connectivity index is 0.000000199. The molecule has 1 atom stereocenters. The maximum Gasteiger partial charge on any atom is 0.354 e. The van der Waals surface area contributed by atoms with Gasteiger partial charge in [-0.05, 0) is 133 Å². The molecule has 1 unspecified atom stereocenters. The molecule has 3 aliphatic heterocycles. The number of rotatable bonds is 15. The number of esters is 3. The lowest BCUT2D eigenvalue weighted by Gasteiger charge is -2.32. The number of carboxylic acid groups (broad SMARTS) is 1. The number of aromatic nitrogens is 4. The van der Waals surface area contributed by atoms with E-state index in [9.17, 15) is 42.3 Å². The number of anilines is 1. The highest BCUT2D eigenvalue weighted by Crippen LogP contribution is 2.41. The maximum absolute atomic E-state index is 13.5. The van der Waals surface area contributed by atoms with Crippen LogP contribution in [0.1, 0.15) is 122 Å². The first kappa shape index (κ1) is 72.3. The number of aromatic carboxylic acids is 1. The lowest BCUT2D eigenvalue weighted by Crippen LogP contribution is -2.48. The smallest absolute Gasteiger partial charge is 0.354 e. The van der Waals surface area contributed by atoms with Gasteiger partial charge in [0.05, 0.1) is 89.6 Å². The first-order chi connectivity index (χ1) is 42.8. The van der Waals surface area contributed by atoms with Crippen molar-refractivity contribution in [3.05, 3.63) is 136 Å². The van der Waals surface area contributed by atoms with E-state index in [4.69, 9.17) is 80.0 Å². The topological polar surface area (TPSA) is 288 Å². The molecule has 0 spiro atoms. The predicted molar refractivity (Wildman–Crippen MR) is 346 cm³/mol. The fourth-order valence-electron chi connectivity index (χ4n) is 9.96. The molecule has 0 amide bonds. The van der Waals surface area contributed by atoms with Gasteiger partial charge in [-0.15, -0.1) is 0 Å². The van der Waals surface area contributed by atoms with Crippen molar-refractivity contribution in [2.75, 3.05) is 51.4 Å². The van der Waals surface area contributed by atoms with Crippen LogP contribution in [0.5, 0.6) is 17.5 Å². The molecule has 91 heavy (non-hydrogen) atoms. The van der Waals surface area contributed by atoms with Gasteiger partial charge in [0.2, 0.25) is 11.8 Å². The summed E-state index contributed by atoms with van der Waals surface area (Å²) < 4.78 is 55.3. The van der Waals surface area contributed by atoms with E-state index in [1.807, 2.05) is 20.8 Å². The summed E-state index contributed by atoms with van der Waals surface area (Å²) in [6.07, 6.45) is 4.49. The van der Waals surface area contributed by atoms with E-state index in [1.165, 1.54) is 59.9 Å². The van der Waals surface area contributed by atoms with Crippen molar-refractivity contribution in [2.24, 2.45) is 22.7 Å². The molecule has 9 rings (SSSR count). The van der Waals surface area contributed by atoms with E-state index >= 15 is 0 Å². The van der Waals surface area contributed by atoms with Crippen LogP contribution < -0.4 is 20.0 Å². The summed E-state index contributed by atoms with van der Waals surface area (Å²) in [6.45, 7) is 21.0. The Morgan fingerprint density at radius 1 is 0.802 bits per heavy atom. The molecular formula is C63H73Cl4N7O16S. The fourth-order valence-corrected chi connectivity index (χ4v) is 11.9. The van der Waals surface area contributed by atoms with E-state index in [-0.39, 0.29) is 80.1 Å². The van der Waals surface area contributed by atoms with E-state index in [0.717, 1.165) is 35.8 Å². The van der Waals surface area contributed by atoms with Crippen LogP contribution in [0.15, 0.2) is 80.7 Å². The molecule has 4 aromatic carbocycles. The minimum atomic E-state index is -3.52. The van der Waals surface area contributed by atoms with E-state index in [1.54, 1.807) is 55.3 Å². The summed E-state index contributed by atoms with van der Waals surface area (Å²) in [7, 11) is -0.665. The second-order valence-electron chi connectivity index (χ2n) is 22.1. The van der Waals surface area contributed by atoms with Gasteiger partial charge in [0, 0.05) is 42.3 Å². The molecule has 0 radical (unpaired) electrons. The number of hydrogen-bond donors (Lipinski definition) is 2. The molecule has 0 saturated heterocycles. The number of ketones is 1. The number of hydrazone groups is 1. The molecule has 3 aliphatic rings. The molecule has 0 bridgehead atoms. The lowest BCUT2D eigenvalue weighted by molar-refractivity contribution is -0.148. The van der Waals surface area contributed by atoms with Crippen LogP contribution in [0.25, 0.3) is 11.1 Å². The number of methoxy groups -OCH3 is 1. The summed E-state index contributed by atoms with van der Waals surface area (Å²) in [5.74, 6) is -2.85. The second kappa shape index (κ2) is 30.6. The monoisotopic (exact) mass is 1360 g/mol. The van der Waals surface area contributed by atoms with Crippen molar-refractivity contribution in [2.45, 2.75) is 118 Å². The van der Waals surface area contributed by atoms with E-state index in [2.05, 4.69) is 48.3 Å². The maximum atomic E-state index is 13.5. The number of fused-ring (bicyclic) bond motifs is 1. The van der Waals surface area contributed by atoms with Gasteiger partial charge in [0.15, 0.2) is 26.9 Å².